The van der Waals surface area contributed by atoms with Crippen molar-refractivity contribution in [1.29, 1.82) is 0 Å². The number of nitrogen functional groups attached to an aromatic ring is 1. The third-order valence-corrected chi connectivity index (χ3v) is 2.64. The van der Waals surface area contributed by atoms with E-state index in [1.807, 2.05) is 26.0 Å². The maximum absolute atomic E-state index is 5.88. The smallest absolute Gasteiger partial charge is 0.106 e. The molecule has 1 aromatic carbocycles. The van der Waals surface area contributed by atoms with E-state index < -0.39 is 0 Å². The Labute approximate surface area is 83.6 Å². The van der Waals surface area contributed by atoms with Crippen LogP contribution in [0.5, 0.6) is 0 Å². The van der Waals surface area contributed by atoms with E-state index in [2.05, 4.69) is 16.5 Å². The molecule has 0 radical (unpaired) electrons. The van der Waals surface area contributed by atoms with Crippen molar-refractivity contribution in [2.45, 2.75) is 27.3 Å². The predicted octanol–water partition coefficient (Wildman–Crippen LogP) is 2.26. The molecule has 2 N–H and O–H groups in total. The molecule has 0 bridgehead atoms. The second-order valence-corrected chi connectivity index (χ2v) is 3.60. The van der Waals surface area contributed by atoms with E-state index in [1.165, 1.54) is 0 Å². The Bertz CT molecular complexity index is 483. The number of aryl methyl sites for hydroxylation is 3. The number of rotatable bonds is 1. The quantitative estimate of drug-likeness (QED) is 0.699. The van der Waals surface area contributed by atoms with Gasteiger partial charge in [0.15, 0.2) is 0 Å². The average molecular weight is 189 g/mol. The number of fused-ring (bicyclic) bond motifs is 1. The van der Waals surface area contributed by atoms with Gasteiger partial charge in [-0.2, -0.15) is 0 Å². The second kappa shape index (κ2) is 3.01. The maximum atomic E-state index is 5.88. The number of benzene rings is 1. The van der Waals surface area contributed by atoms with Gasteiger partial charge in [-0.25, -0.2) is 4.98 Å². The standard InChI is InChI=1S/C11H15N3/c1-4-14-8(3)13-10-5-7(2)9(12)6-11(10)14/h5-6H,4,12H2,1-3H3. The van der Waals surface area contributed by atoms with Crippen LogP contribution in [0.2, 0.25) is 0 Å². The van der Waals surface area contributed by atoms with Crippen LogP contribution < -0.4 is 5.73 Å². The number of anilines is 1. The lowest BCUT2D eigenvalue weighted by molar-refractivity contribution is 0.753. The topological polar surface area (TPSA) is 43.8 Å². The van der Waals surface area contributed by atoms with E-state index in [1.54, 1.807) is 0 Å². The highest BCUT2D eigenvalue weighted by atomic mass is 15.1. The molecule has 0 saturated heterocycles. The molecular weight excluding hydrogens is 174 g/mol. The number of hydrogen-bond donors (Lipinski definition) is 1. The van der Waals surface area contributed by atoms with E-state index in [4.69, 9.17) is 5.73 Å². The van der Waals surface area contributed by atoms with Crippen LogP contribution in [0.15, 0.2) is 12.1 Å². The van der Waals surface area contributed by atoms with Crippen molar-refractivity contribution in [3.05, 3.63) is 23.5 Å². The van der Waals surface area contributed by atoms with Crippen LogP contribution in [0.1, 0.15) is 18.3 Å². The van der Waals surface area contributed by atoms with Gasteiger partial charge in [0.2, 0.25) is 0 Å². The van der Waals surface area contributed by atoms with E-state index in [0.29, 0.717) is 0 Å². The molecular formula is C11H15N3. The van der Waals surface area contributed by atoms with Crippen molar-refractivity contribution in [2.24, 2.45) is 0 Å². The number of nitrogens with two attached hydrogens (primary N) is 1. The van der Waals surface area contributed by atoms with Crippen LogP contribution in [-0.2, 0) is 6.54 Å². The highest BCUT2D eigenvalue weighted by Gasteiger charge is 2.07. The lowest BCUT2D eigenvalue weighted by Gasteiger charge is -2.03. The molecule has 3 nitrogen and oxygen atoms in total. The normalized spacial score (nSPS) is 11.1. The maximum Gasteiger partial charge on any atom is 0.106 e. The Balaban J connectivity index is 2.82. The van der Waals surface area contributed by atoms with Gasteiger partial charge in [0.1, 0.15) is 5.82 Å². The first-order valence-electron chi connectivity index (χ1n) is 4.86. The molecule has 2 aromatic rings. The summed E-state index contributed by atoms with van der Waals surface area (Å²) in [6.07, 6.45) is 0. The molecule has 1 aromatic heterocycles. The summed E-state index contributed by atoms with van der Waals surface area (Å²) in [5.74, 6) is 1.05. The summed E-state index contributed by atoms with van der Waals surface area (Å²) in [6.45, 7) is 7.08. The van der Waals surface area contributed by atoms with Crippen LogP contribution in [0.25, 0.3) is 11.0 Å². The van der Waals surface area contributed by atoms with E-state index in [0.717, 1.165) is 34.7 Å². The number of imidazole rings is 1. The largest absolute Gasteiger partial charge is 0.398 e. The van der Waals surface area contributed by atoms with Crippen molar-refractivity contribution in [2.75, 3.05) is 5.73 Å². The minimum Gasteiger partial charge on any atom is -0.398 e. The second-order valence-electron chi connectivity index (χ2n) is 3.60. The summed E-state index contributed by atoms with van der Waals surface area (Å²) < 4.78 is 2.17. The van der Waals surface area contributed by atoms with Gasteiger partial charge in [-0.1, -0.05) is 0 Å². The molecule has 2 rings (SSSR count). The summed E-state index contributed by atoms with van der Waals surface area (Å²) in [5, 5.41) is 0. The van der Waals surface area contributed by atoms with Crippen LogP contribution >= 0.6 is 0 Å². The first-order chi connectivity index (χ1) is 6.63. The molecule has 0 unspecified atom stereocenters. The first-order valence-corrected chi connectivity index (χ1v) is 4.86. The molecule has 0 spiro atoms. The third-order valence-electron chi connectivity index (χ3n) is 2.64. The Kier molecular flexibility index (Phi) is 1.95. The molecule has 0 aliphatic carbocycles. The van der Waals surface area contributed by atoms with Gasteiger partial charge < -0.3 is 10.3 Å². The van der Waals surface area contributed by atoms with Crippen LogP contribution in [-0.4, -0.2) is 9.55 Å². The zero-order chi connectivity index (χ0) is 10.3. The summed E-state index contributed by atoms with van der Waals surface area (Å²) in [6, 6.07) is 4.05. The molecule has 0 saturated carbocycles. The van der Waals surface area contributed by atoms with Gasteiger partial charge >= 0.3 is 0 Å². The van der Waals surface area contributed by atoms with Gasteiger partial charge in [0, 0.05) is 12.2 Å². The zero-order valence-corrected chi connectivity index (χ0v) is 8.83. The predicted molar refractivity (Wildman–Crippen MR) is 59.3 cm³/mol. The highest BCUT2D eigenvalue weighted by Crippen LogP contribution is 2.22. The van der Waals surface area contributed by atoms with Gasteiger partial charge in [-0.3, -0.25) is 0 Å². The van der Waals surface area contributed by atoms with Gasteiger partial charge in [-0.05, 0) is 38.5 Å². The lowest BCUT2D eigenvalue weighted by atomic mass is 10.2. The molecule has 1 heterocycles. The zero-order valence-electron chi connectivity index (χ0n) is 8.83. The van der Waals surface area contributed by atoms with Crippen LogP contribution in [0.3, 0.4) is 0 Å². The Hall–Kier alpha value is -1.51. The molecule has 74 valence electrons. The van der Waals surface area contributed by atoms with Crippen LogP contribution in [0, 0.1) is 13.8 Å². The number of hydrogen-bond acceptors (Lipinski definition) is 2. The molecule has 3 heteroatoms. The fourth-order valence-electron chi connectivity index (χ4n) is 1.81. The van der Waals surface area contributed by atoms with Crippen molar-refractivity contribution < 1.29 is 0 Å². The molecule has 0 aliphatic rings. The third kappa shape index (κ3) is 1.16. The highest BCUT2D eigenvalue weighted by molar-refractivity contribution is 5.81. The van der Waals surface area contributed by atoms with E-state index in [9.17, 15) is 0 Å². The molecule has 0 amide bonds. The SMILES string of the molecule is CCn1c(C)nc2cc(C)c(N)cc21. The van der Waals surface area contributed by atoms with Crippen molar-refractivity contribution >= 4 is 16.7 Å². The van der Waals surface area contributed by atoms with Crippen LogP contribution in [0.4, 0.5) is 5.69 Å². The van der Waals surface area contributed by atoms with Crippen molar-refractivity contribution in [3.8, 4) is 0 Å². The minimum atomic E-state index is 0.840. The molecule has 0 aliphatic heterocycles. The summed E-state index contributed by atoms with van der Waals surface area (Å²) in [4.78, 5) is 4.49. The Morgan fingerprint density at radius 3 is 2.71 bits per heavy atom. The number of nitrogens with zero attached hydrogens (tertiary/aromatic N) is 2. The monoisotopic (exact) mass is 189 g/mol. The average Bonchev–Trinajstić information content (AvgIpc) is 2.42. The lowest BCUT2D eigenvalue weighted by Crippen LogP contribution is -1.97. The molecule has 14 heavy (non-hydrogen) atoms. The fourth-order valence-corrected chi connectivity index (χ4v) is 1.81. The minimum absolute atomic E-state index is 0.840. The number of aromatic nitrogens is 2. The first kappa shape index (κ1) is 9.06. The summed E-state index contributed by atoms with van der Waals surface area (Å²) in [7, 11) is 0. The molecule has 0 fully saturated rings. The van der Waals surface area contributed by atoms with Crippen molar-refractivity contribution in [3.63, 3.8) is 0 Å². The van der Waals surface area contributed by atoms with E-state index >= 15 is 0 Å². The Morgan fingerprint density at radius 1 is 1.36 bits per heavy atom. The fraction of sp³-hybridized carbons (Fsp3) is 0.364. The summed E-state index contributed by atoms with van der Waals surface area (Å²) in [5.41, 5.74) is 9.98. The van der Waals surface area contributed by atoms with E-state index in [-0.39, 0.29) is 0 Å². The van der Waals surface area contributed by atoms with Gasteiger partial charge in [0.25, 0.3) is 0 Å². The molecule has 0 atom stereocenters. The van der Waals surface area contributed by atoms with Crippen molar-refractivity contribution in [1.82, 2.24) is 9.55 Å². The summed E-state index contributed by atoms with van der Waals surface area (Å²) >= 11 is 0. The van der Waals surface area contributed by atoms with Gasteiger partial charge in [-0.15, -0.1) is 0 Å². The Morgan fingerprint density at radius 2 is 2.07 bits per heavy atom. The van der Waals surface area contributed by atoms with Gasteiger partial charge in [0.05, 0.1) is 11.0 Å².